The molecule has 0 aliphatic carbocycles. The van der Waals surface area contributed by atoms with Crippen molar-refractivity contribution in [2.24, 2.45) is 11.8 Å². The third kappa shape index (κ3) is 5.19. The Kier molecular flexibility index (Phi) is 8.36. The third-order valence-corrected chi connectivity index (χ3v) is 8.52. The Hall–Kier alpha value is -5.38. The second kappa shape index (κ2) is 12.5. The summed E-state index contributed by atoms with van der Waals surface area (Å²) < 4.78 is 46.3. The van der Waals surface area contributed by atoms with Gasteiger partial charge in [0.15, 0.2) is 11.6 Å². The molecule has 2 aliphatic rings. The maximum Gasteiger partial charge on any atom is 0.178 e. The van der Waals surface area contributed by atoms with Gasteiger partial charge in [-0.3, -0.25) is 9.59 Å². The van der Waals surface area contributed by atoms with Crippen molar-refractivity contribution in [3.8, 4) is 46.0 Å². The van der Waals surface area contributed by atoms with E-state index in [0.717, 1.165) is 0 Å². The van der Waals surface area contributed by atoms with E-state index in [-0.39, 0.29) is 45.7 Å². The highest BCUT2D eigenvalue weighted by atomic mass is 16.5. The number of carbonyl (C=O) groups is 2. The van der Waals surface area contributed by atoms with Crippen molar-refractivity contribution in [2.75, 3.05) is 42.7 Å². The summed E-state index contributed by atoms with van der Waals surface area (Å²) in [6, 6.07) is 21.0. The fourth-order valence-corrected chi connectivity index (χ4v) is 6.23. The van der Waals surface area contributed by atoms with Crippen molar-refractivity contribution in [3.63, 3.8) is 0 Å². The number of ketones is 2. The van der Waals surface area contributed by atoms with Crippen LogP contribution in [0, 0.1) is 11.8 Å². The van der Waals surface area contributed by atoms with Crippen LogP contribution in [-0.2, 0) is 0 Å². The molecule has 4 atom stereocenters. The van der Waals surface area contributed by atoms with Gasteiger partial charge in [-0.25, -0.2) is 0 Å². The number of hydrogen-bond acceptors (Lipinski definition) is 10. The number of Topliss-reactive ketones (excluding diaryl/α,β-unsaturated/α-hetero) is 2. The van der Waals surface area contributed by atoms with Crippen LogP contribution in [-0.4, -0.2) is 54.2 Å². The number of benzene rings is 4. The molecule has 6 rings (SSSR count). The molecule has 238 valence electrons. The summed E-state index contributed by atoms with van der Waals surface area (Å²) in [6.07, 6.45) is -1.79. The SMILES string of the molecule is COc1ccc([C@H]2Oc3cc(OC)cc(OC)c3C(=O)[C@@H]2[C@H]2C(=O)c3c(OC)cc(OC)cc3O[C@@H]2c2ccc(OC)cc2)cc1. The van der Waals surface area contributed by atoms with Crippen LogP contribution in [0.3, 0.4) is 0 Å². The summed E-state index contributed by atoms with van der Waals surface area (Å²) >= 11 is 0. The number of rotatable bonds is 9. The molecule has 2 aliphatic heterocycles. The fraction of sp³-hybridized carbons (Fsp3) is 0.278. The van der Waals surface area contributed by atoms with E-state index in [2.05, 4.69) is 0 Å². The minimum absolute atomic E-state index is 0.215. The van der Waals surface area contributed by atoms with E-state index in [9.17, 15) is 9.59 Å². The van der Waals surface area contributed by atoms with Crippen LogP contribution in [0.25, 0.3) is 0 Å². The second-order valence-electron chi connectivity index (χ2n) is 10.8. The maximum absolute atomic E-state index is 14.9. The molecule has 0 unspecified atom stereocenters. The standard InChI is InChI=1S/C36H34O10/c1-39-21-11-7-19(8-12-21)35-31(33(37)29-25(43-5)15-23(41-3)17-27(29)45-35)32-34(38)30-26(44-6)16-24(42-4)18-28(30)46-36(32)20-9-13-22(40-2)14-10-20/h7-18,31-32,35-36H,1-6H3/t31-,32-,35+,36+/m0/s1. The summed E-state index contributed by atoms with van der Waals surface area (Å²) in [7, 11) is 9.13. The first-order chi connectivity index (χ1) is 22.3. The largest absolute Gasteiger partial charge is 0.497 e. The van der Waals surface area contributed by atoms with Crippen LogP contribution >= 0.6 is 0 Å². The molecular weight excluding hydrogens is 592 g/mol. The zero-order chi connectivity index (χ0) is 32.5. The Morgan fingerprint density at radius 2 is 0.804 bits per heavy atom. The summed E-state index contributed by atoms with van der Waals surface area (Å²) in [5.74, 6) is 0.501. The van der Waals surface area contributed by atoms with Gasteiger partial charge in [0.1, 0.15) is 69.3 Å². The highest BCUT2D eigenvalue weighted by Crippen LogP contribution is 2.54. The highest BCUT2D eigenvalue weighted by molar-refractivity contribution is 6.11. The highest BCUT2D eigenvalue weighted by Gasteiger charge is 2.53. The van der Waals surface area contributed by atoms with Crippen LogP contribution in [0.1, 0.15) is 44.1 Å². The van der Waals surface area contributed by atoms with E-state index >= 15 is 0 Å². The van der Waals surface area contributed by atoms with Gasteiger partial charge in [0.05, 0.1) is 54.5 Å². The lowest BCUT2D eigenvalue weighted by molar-refractivity contribution is 0.0129. The topological polar surface area (TPSA) is 108 Å². The van der Waals surface area contributed by atoms with Gasteiger partial charge >= 0.3 is 0 Å². The lowest BCUT2D eigenvalue weighted by Gasteiger charge is -2.42. The second-order valence-corrected chi connectivity index (χ2v) is 10.8. The quantitative estimate of drug-likeness (QED) is 0.210. The minimum atomic E-state index is -1.05. The Bertz CT molecular complexity index is 1630. The van der Waals surface area contributed by atoms with E-state index in [1.807, 2.05) is 24.3 Å². The van der Waals surface area contributed by atoms with E-state index < -0.39 is 24.0 Å². The van der Waals surface area contributed by atoms with Gasteiger partial charge in [-0.1, -0.05) is 24.3 Å². The average molecular weight is 627 g/mol. The summed E-state index contributed by atoms with van der Waals surface area (Å²) in [4.78, 5) is 29.8. The van der Waals surface area contributed by atoms with E-state index in [1.165, 1.54) is 28.4 Å². The molecule has 4 aromatic carbocycles. The fourth-order valence-electron chi connectivity index (χ4n) is 6.23. The zero-order valence-corrected chi connectivity index (χ0v) is 26.3. The van der Waals surface area contributed by atoms with Crippen molar-refractivity contribution in [2.45, 2.75) is 12.2 Å². The smallest absolute Gasteiger partial charge is 0.178 e. The zero-order valence-electron chi connectivity index (χ0n) is 26.3. The summed E-state index contributed by atoms with van der Waals surface area (Å²) in [6.45, 7) is 0. The van der Waals surface area contributed by atoms with Gasteiger partial charge in [-0.05, 0) is 35.4 Å². The van der Waals surface area contributed by atoms with Gasteiger partial charge in [0, 0.05) is 24.3 Å². The molecule has 0 aromatic heterocycles. The molecular formula is C36H34O10. The van der Waals surface area contributed by atoms with Crippen LogP contribution in [0.5, 0.6) is 46.0 Å². The van der Waals surface area contributed by atoms with Crippen molar-refractivity contribution in [1.29, 1.82) is 0 Å². The average Bonchev–Trinajstić information content (AvgIpc) is 3.10. The van der Waals surface area contributed by atoms with Crippen molar-refractivity contribution in [1.82, 2.24) is 0 Å². The Morgan fingerprint density at radius 1 is 0.457 bits per heavy atom. The summed E-state index contributed by atoms with van der Waals surface area (Å²) in [5.41, 5.74) is 1.76. The molecule has 46 heavy (non-hydrogen) atoms. The first-order valence-electron chi connectivity index (χ1n) is 14.6. The maximum atomic E-state index is 14.9. The molecule has 0 bridgehead atoms. The molecule has 0 spiro atoms. The number of ether oxygens (including phenoxy) is 8. The van der Waals surface area contributed by atoms with Gasteiger partial charge in [0.25, 0.3) is 0 Å². The van der Waals surface area contributed by atoms with Gasteiger partial charge in [-0.2, -0.15) is 0 Å². The predicted octanol–water partition coefficient (Wildman–Crippen LogP) is 6.30. The van der Waals surface area contributed by atoms with Gasteiger partial charge in [-0.15, -0.1) is 0 Å². The van der Waals surface area contributed by atoms with Crippen molar-refractivity contribution in [3.05, 3.63) is 95.1 Å². The molecule has 0 fully saturated rings. The van der Waals surface area contributed by atoms with Gasteiger partial charge < -0.3 is 37.9 Å². The lowest BCUT2D eigenvalue weighted by Crippen LogP contribution is -2.45. The molecule has 2 heterocycles. The number of fused-ring (bicyclic) bond motifs is 2. The van der Waals surface area contributed by atoms with E-state index in [4.69, 9.17) is 37.9 Å². The van der Waals surface area contributed by atoms with E-state index in [0.29, 0.717) is 34.1 Å². The van der Waals surface area contributed by atoms with Crippen LogP contribution in [0.2, 0.25) is 0 Å². The molecule has 0 N–H and O–H groups in total. The monoisotopic (exact) mass is 626 g/mol. The number of hydrogen-bond donors (Lipinski definition) is 0. The van der Waals surface area contributed by atoms with Crippen LogP contribution in [0.4, 0.5) is 0 Å². The first-order valence-corrected chi connectivity index (χ1v) is 14.6. The summed E-state index contributed by atoms with van der Waals surface area (Å²) in [5, 5.41) is 0. The normalized spacial score (nSPS) is 20.0. The van der Waals surface area contributed by atoms with Crippen molar-refractivity contribution < 1.29 is 47.5 Å². The van der Waals surface area contributed by atoms with Crippen molar-refractivity contribution >= 4 is 11.6 Å². The minimum Gasteiger partial charge on any atom is -0.497 e. The first kappa shape index (κ1) is 30.6. The Balaban J connectivity index is 1.59. The molecule has 0 amide bonds. The third-order valence-electron chi connectivity index (χ3n) is 8.52. The van der Waals surface area contributed by atoms with Gasteiger partial charge in [0.2, 0.25) is 0 Å². The molecule has 10 nitrogen and oxygen atoms in total. The Morgan fingerprint density at radius 3 is 1.11 bits per heavy atom. The predicted molar refractivity (Wildman–Crippen MR) is 167 cm³/mol. The Labute approximate surface area is 266 Å². The molecule has 0 saturated carbocycles. The van der Waals surface area contributed by atoms with Crippen LogP contribution in [0.15, 0.2) is 72.8 Å². The van der Waals surface area contributed by atoms with Crippen LogP contribution < -0.4 is 37.9 Å². The molecule has 10 heteroatoms. The number of methoxy groups -OCH3 is 6. The lowest BCUT2D eigenvalue weighted by atomic mass is 9.69. The molecule has 4 aromatic rings. The molecule has 0 radical (unpaired) electrons. The van der Waals surface area contributed by atoms with E-state index in [1.54, 1.807) is 62.8 Å². The molecule has 0 saturated heterocycles. The number of carbonyl (C=O) groups excluding carboxylic acids is 2.